The van der Waals surface area contributed by atoms with Gasteiger partial charge in [0.25, 0.3) is 5.78 Å². The van der Waals surface area contributed by atoms with Gasteiger partial charge in [-0.05, 0) is 47.9 Å². The lowest BCUT2D eigenvalue weighted by atomic mass is 9.98. The molecule has 0 saturated carbocycles. The van der Waals surface area contributed by atoms with Crippen LogP contribution in [0, 0.1) is 6.92 Å². The minimum Gasteiger partial charge on any atom is -0.477 e. The number of benzene rings is 2. The van der Waals surface area contributed by atoms with Crippen molar-refractivity contribution < 1.29 is 27.9 Å². The number of ketones is 1. The normalized spacial score (nSPS) is 11.5. The van der Waals surface area contributed by atoms with Gasteiger partial charge in [-0.15, -0.1) is 0 Å². The first-order chi connectivity index (χ1) is 13.5. The van der Waals surface area contributed by atoms with Crippen LogP contribution in [-0.4, -0.2) is 28.0 Å². The summed E-state index contributed by atoms with van der Waals surface area (Å²) in [5, 5.41) is 10.2. The van der Waals surface area contributed by atoms with Crippen LogP contribution in [0.1, 0.15) is 26.4 Å². The zero-order chi connectivity index (χ0) is 21.5. The molecule has 29 heavy (non-hydrogen) atoms. The number of H-pyrrole nitrogens is 1. The maximum absolute atomic E-state index is 12.8. The van der Waals surface area contributed by atoms with Gasteiger partial charge in [0.2, 0.25) is 0 Å². The molecule has 3 rings (SSSR count). The van der Waals surface area contributed by atoms with Gasteiger partial charge in [0.15, 0.2) is 0 Å². The highest BCUT2D eigenvalue weighted by Crippen LogP contribution is 2.37. The summed E-state index contributed by atoms with van der Waals surface area (Å²) in [6.07, 6.45) is -5.02. The predicted octanol–water partition coefficient (Wildman–Crippen LogP) is 6.41. The second-order valence-corrected chi connectivity index (χ2v) is 7.12. The van der Waals surface area contributed by atoms with Gasteiger partial charge in [-0.1, -0.05) is 41.4 Å². The van der Waals surface area contributed by atoms with E-state index in [-0.39, 0.29) is 17.0 Å². The Balaban J connectivity index is 2.20. The van der Waals surface area contributed by atoms with E-state index in [9.17, 15) is 27.9 Å². The van der Waals surface area contributed by atoms with Crippen molar-refractivity contribution in [2.24, 2.45) is 0 Å². The summed E-state index contributed by atoms with van der Waals surface area (Å²) in [5.74, 6) is -3.25. The molecule has 4 nitrogen and oxygen atoms in total. The molecule has 3 aromatic rings. The first kappa shape index (κ1) is 21.0. The Labute approximate surface area is 172 Å². The number of hydrogen-bond acceptors (Lipinski definition) is 2. The summed E-state index contributed by atoms with van der Waals surface area (Å²) in [4.78, 5) is 26.1. The number of alkyl halides is 3. The smallest absolute Gasteiger partial charge is 0.454 e. The van der Waals surface area contributed by atoms with E-state index in [0.29, 0.717) is 26.7 Å². The number of halogens is 5. The first-order valence-corrected chi connectivity index (χ1v) is 8.89. The molecule has 1 heterocycles. The van der Waals surface area contributed by atoms with E-state index in [1.807, 2.05) is 0 Å². The second kappa shape index (κ2) is 7.57. The Kier molecular flexibility index (Phi) is 5.47. The zero-order valence-corrected chi connectivity index (χ0v) is 16.2. The molecule has 0 fully saturated rings. The average Bonchev–Trinajstić information content (AvgIpc) is 2.97. The Morgan fingerprint density at radius 3 is 2.17 bits per heavy atom. The third-order valence-electron chi connectivity index (χ3n) is 4.29. The lowest BCUT2D eigenvalue weighted by molar-refractivity contribution is -0.0885. The highest BCUT2D eigenvalue weighted by Gasteiger charge is 2.39. The van der Waals surface area contributed by atoms with Crippen molar-refractivity contribution in [3.8, 4) is 22.4 Å². The van der Waals surface area contributed by atoms with Gasteiger partial charge in [0.05, 0.1) is 0 Å². The Bertz CT molecular complexity index is 1120. The second-order valence-electron chi connectivity index (χ2n) is 6.25. The fourth-order valence-electron chi connectivity index (χ4n) is 3.08. The van der Waals surface area contributed by atoms with E-state index in [1.54, 1.807) is 6.92 Å². The van der Waals surface area contributed by atoms with Crippen molar-refractivity contribution in [2.75, 3.05) is 0 Å². The number of rotatable bonds is 4. The van der Waals surface area contributed by atoms with Gasteiger partial charge in [-0.25, -0.2) is 4.79 Å². The van der Waals surface area contributed by atoms with Crippen molar-refractivity contribution in [3.63, 3.8) is 0 Å². The van der Waals surface area contributed by atoms with E-state index < -0.39 is 23.5 Å². The number of carbonyl (C=O) groups is 2. The Morgan fingerprint density at radius 1 is 1.00 bits per heavy atom. The molecule has 9 heteroatoms. The number of aromatic carboxylic acids is 1. The Hall–Kier alpha value is -2.77. The SMILES string of the molecule is Cc1c(-c2cccc(C(=O)C(F)(F)F)c2)[nH]c(C(=O)O)c1-c1cc(Cl)cc(Cl)c1. The molecule has 0 aliphatic rings. The van der Waals surface area contributed by atoms with Crippen LogP contribution < -0.4 is 0 Å². The molecule has 150 valence electrons. The van der Waals surface area contributed by atoms with Crippen molar-refractivity contribution in [3.05, 3.63) is 69.3 Å². The van der Waals surface area contributed by atoms with Crippen molar-refractivity contribution in [2.45, 2.75) is 13.1 Å². The molecule has 2 aromatic carbocycles. The summed E-state index contributed by atoms with van der Waals surface area (Å²) in [6, 6.07) is 9.44. The molecule has 0 amide bonds. The minimum absolute atomic E-state index is 0.177. The molecule has 0 aliphatic heterocycles. The largest absolute Gasteiger partial charge is 0.477 e. The van der Waals surface area contributed by atoms with E-state index in [4.69, 9.17) is 23.2 Å². The number of aromatic amines is 1. The number of aromatic nitrogens is 1. The number of carboxylic acid groups (broad SMARTS) is 1. The van der Waals surface area contributed by atoms with Crippen LogP contribution in [0.4, 0.5) is 13.2 Å². The molecule has 0 atom stereocenters. The molecule has 0 unspecified atom stereocenters. The summed E-state index contributed by atoms with van der Waals surface area (Å²) >= 11 is 12.0. The number of hydrogen-bond donors (Lipinski definition) is 2. The van der Waals surface area contributed by atoms with Crippen LogP contribution in [-0.2, 0) is 0 Å². The lowest BCUT2D eigenvalue weighted by Gasteiger charge is -2.08. The third kappa shape index (κ3) is 4.16. The summed E-state index contributed by atoms with van der Waals surface area (Å²) in [7, 11) is 0. The highest BCUT2D eigenvalue weighted by atomic mass is 35.5. The summed E-state index contributed by atoms with van der Waals surface area (Å²) in [5.41, 5.74) is 0.964. The van der Waals surface area contributed by atoms with Crippen LogP contribution in [0.2, 0.25) is 10.0 Å². The van der Waals surface area contributed by atoms with E-state index >= 15 is 0 Å². The number of nitrogens with one attached hydrogen (secondary N) is 1. The lowest BCUT2D eigenvalue weighted by Crippen LogP contribution is -2.22. The molecule has 0 saturated heterocycles. The van der Waals surface area contributed by atoms with Gasteiger partial charge < -0.3 is 10.1 Å². The zero-order valence-electron chi connectivity index (χ0n) is 14.7. The average molecular weight is 442 g/mol. The van der Waals surface area contributed by atoms with E-state index in [0.717, 1.165) is 12.1 Å². The monoisotopic (exact) mass is 441 g/mol. The summed E-state index contributed by atoms with van der Waals surface area (Å²) in [6.45, 7) is 1.61. The van der Waals surface area contributed by atoms with Gasteiger partial charge in [0.1, 0.15) is 5.69 Å². The predicted molar refractivity (Wildman–Crippen MR) is 104 cm³/mol. The minimum atomic E-state index is -5.02. The van der Waals surface area contributed by atoms with Crippen LogP contribution in [0.5, 0.6) is 0 Å². The van der Waals surface area contributed by atoms with Crippen molar-refractivity contribution in [1.29, 1.82) is 0 Å². The van der Waals surface area contributed by atoms with Gasteiger partial charge >= 0.3 is 12.1 Å². The number of carboxylic acids is 1. The maximum Gasteiger partial charge on any atom is 0.454 e. The summed E-state index contributed by atoms with van der Waals surface area (Å²) < 4.78 is 38.3. The molecule has 0 bridgehead atoms. The van der Waals surface area contributed by atoms with Crippen LogP contribution in [0.25, 0.3) is 22.4 Å². The third-order valence-corrected chi connectivity index (χ3v) is 4.72. The first-order valence-electron chi connectivity index (χ1n) is 8.13. The molecule has 0 aliphatic carbocycles. The quantitative estimate of drug-likeness (QED) is 0.459. The fourth-order valence-corrected chi connectivity index (χ4v) is 3.61. The molecular formula is C20H12Cl2F3NO3. The fraction of sp³-hybridized carbons (Fsp3) is 0.100. The van der Waals surface area contributed by atoms with E-state index in [2.05, 4.69) is 4.98 Å². The number of Topliss-reactive ketones (excluding diaryl/α,β-unsaturated/α-hetero) is 1. The Morgan fingerprint density at radius 2 is 1.62 bits per heavy atom. The van der Waals surface area contributed by atoms with E-state index in [1.165, 1.54) is 30.3 Å². The maximum atomic E-state index is 12.8. The molecule has 1 aromatic heterocycles. The van der Waals surface area contributed by atoms with Gasteiger partial charge in [-0.3, -0.25) is 4.79 Å². The van der Waals surface area contributed by atoms with Gasteiger partial charge in [0, 0.05) is 26.9 Å². The van der Waals surface area contributed by atoms with Crippen molar-refractivity contribution in [1.82, 2.24) is 4.98 Å². The highest BCUT2D eigenvalue weighted by molar-refractivity contribution is 6.35. The topological polar surface area (TPSA) is 70.2 Å². The van der Waals surface area contributed by atoms with Crippen LogP contribution in [0.15, 0.2) is 42.5 Å². The molecule has 0 spiro atoms. The number of carbonyl (C=O) groups excluding carboxylic acids is 1. The standard InChI is InChI=1S/C20H12Cl2F3NO3/c1-9-15(12-6-13(21)8-14(22)7-12)17(19(28)29)26-16(9)10-3-2-4-11(5-10)18(27)20(23,24)25/h2-8,26H,1H3,(H,28,29). The van der Waals surface area contributed by atoms with Crippen molar-refractivity contribution >= 4 is 35.0 Å². The van der Waals surface area contributed by atoms with Crippen LogP contribution in [0.3, 0.4) is 0 Å². The van der Waals surface area contributed by atoms with Gasteiger partial charge in [-0.2, -0.15) is 13.2 Å². The molecular weight excluding hydrogens is 430 g/mol. The molecule has 2 N–H and O–H groups in total. The molecule has 0 radical (unpaired) electrons. The van der Waals surface area contributed by atoms with Crippen LogP contribution >= 0.6 is 23.2 Å².